The van der Waals surface area contributed by atoms with E-state index in [9.17, 15) is 13.2 Å². The van der Waals surface area contributed by atoms with Gasteiger partial charge in [0.1, 0.15) is 4.90 Å². The number of hydrogen-bond acceptors (Lipinski definition) is 5. The summed E-state index contributed by atoms with van der Waals surface area (Å²) in [6.07, 6.45) is 2.78. The van der Waals surface area contributed by atoms with Crippen molar-refractivity contribution in [2.45, 2.75) is 11.8 Å². The number of hydrogen-bond donors (Lipinski definition) is 1. The lowest BCUT2D eigenvalue weighted by Crippen LogP contribution is -2.20. The third kappa shape index (κ3) is 2.26. The van der Waals surface area contributed by atoms with Gasteiger partial charge in [-0.3, -0.25) is 8.98 Å². The van der Waals surface area contributed by atoms with E-state index in [4.69, 9.17) is 9.71 Å². The minimum Gasteiger partial charge on any atom is -0.280 e. The van der Waals surface area contributed by atoms with Crippen LogP contribution in [0.3, 0.4) is 0 Å². The molecule has 7 heteroatoms. The highest BCUT2D eigenvalue weighted by molar-refractivity contribution is 7.86. The third-order valence-electron chi connectivity index (χ3n) is 2.61. The molecule has 19 heavy (non-hydrogen) atoms. The van der Waals surface area contributed by atoms with Gasteiger partial charge in [0.2, 0.25) is 0 Å². The Balaban J connectivity index is 2.68. The van der Waals surface area contributed by atoms with E-state index in [0.717, 1.165) is 0 Å². The summed E-state index contributed by atoms with van der Waals surface area (Å²) >= 11 is 0. The van der Waals surface area contributed by atoms with Crippen LogP contribution in [0.25, 0.3) is 6.08 Å². The first kappa shape index (κ1) is 13.4. The van der Waals surface area contributed by atoms with Crippen LogP contribution in [0, 0.1) is 5.53 Å². The van der Waals surface area contributed by atoms with Crippen molar-refractivity contribution in [1.82, 2.24) is 0 Å². The average molecular weight is 279 g/mol. The van der Waals surface area contributed by atoms with E-state index in [-0.39, 0.29) is 28.3 Å². The lowest BCUT2D eigenvalue weighted by atomic mass is 9.95. The molecular formula is C12H11N2O4S+. The number of nitrogens with zero attached hydrogens (tertiary/aromatic N) is 1. The molecule has 0 fully saturated rings. The summed E-state index contributed by atoms with van der Waals surface area (Å²) in [6.45, 7) is 1.59. The summed E-state index contributed by atoms with van der Waals surface area (Å²) in [4.78, 5) is 15.0. The zero-order valence-electron chi connectivity index (χ0n) is 10.1. The summed E-state index contributed by atoms with van der Waals surface area (Å²) in [5, 5.41) is 0. The van der Waals surface area contributed by atoms with E-state index in [1.807, 2.05) is 0 Å². The van der Waals surface area contributed by atoms with E-state index in [1.54, 1.807) is 6.92 Å². The van der Waals surface area contributed by atoms with Gasteiger partial charge in [0, 0.05) is 17.2 Å². The van der Waals surface area contributed by atoms with Gasteiger partial charge >= 0.3 is 5.71 Å². The summed E-state index contributed by atoms with van der Waals surface area (Å²) < 4.78 is 28.6. The molecule has 0 bridgehead atoms. The second kappa shape index (κ2) is 4.89. The van der Waals surface area contributed by atoms with Crippen molar-refractivity contribution in [3.8, 4) is 0 Å². The van der Waals surface area contributed by atoms with Crippen LogP contribution >= 0.6 is 0 Å². The standard InChI is InChI=1S/C12H11N2O4S/c1-2-18-19(16,17)11-5-3-4-9-8(11)6-7-10(14-13)12(9)15/h3-7,13H,2H2,1H3/q+1. The van der Waals surface area contributed by atoms with E-state index < -0.39 is 15.9 Å². The second-order valence-electron chi connectivity index (χ2n) is 3.74. The number of rotatable bonds is 3. The second-order valence-corrected chi connectivity index (χ2v) is 5.32. The molecule has 1 aliphatic rings. The molecule has 0 aliphatic heterocycles. The topological polar surface area (TPSA) is 98.4 Å². The van der Waals surface area contributed by atoms with Gasteiger partial charge in [-0.15, -0.1) is 0 Å². The van der Waals surface area contributed by atoms with Gasteiger partial charge < -0.3 is 0 Å². The molecule has 98 valence electrons. The lowest BCUT2D eigenvalue weighted by Gasteiger charge is -2.11. The van der Waals surface area contributed by atoms with E-state index in [0.29, 0.717) is 0 Å². The van der Waals surface area contributed by atoms with Crippen molar-refractivity contribution >= 4 is 27.7 Å². The maximum atomic E-state index is 11.9. The van der Waals surface area contributed by atoms with Gasteiger partial charge in [-0.05, 0) is 19.1 Å². The number of Topliss-reactive ketones (excluding diaryl/α,β-unsaturated/α-hetero) is 1. The molecule has 0 atom stereocenters. The summed E-state index contributed by atoms with van der Waals surface area (Å²) in [5.74, 6) is -0.471. The van der Waals surface area contributed by atoms with E-state index >= 15 is 0 Å². The van der Waals surface area contributed by atoms with Crippen LogP contribution < -0.4 is 0 Å². The minimum absolute atomic E-state index is 0.0170. The van der Waals surface area contributed by atoms with Crippen molar-refractivity contribution in [2.75, 3.05) is 6.61 Å². The van der Waals surface area contributed by atoms with E-state index in [1.165, 1.54) is 30.4 Å². The monoisotopic (exact) mass is 279 g/mol. The zero-order valence-corrected chi connectivity index (χ0v) is 10.9. The van der Waals surface area contributed by atoms with Gasteiger partial charge in [0.25, 0.3) is 15.9 Å². The van der Waals surface area contributed by atoms with Crippen LogP contribution in [-0.4, -0.2) is 31.3 Å². The van der Waals surface area contributed by atoms with Crippen LogP contribution in [-0.2, 0) is 14.3 Å². The summed E-state index contributed by atoms with van der Waals surface area (Å²) in [7, 11) is -3.89. The van der Waals surface area contributed by atoms with E-state index in [2.05, 4.69) is 4.79 Å². The van der Waals surface area contributed by atoms with Crippen molar-refractivity contribution in [3.05, 3.63) is 35.4 Å². The molecular weight excluding hydrogens is 268 g/mol. The number of nitrogens with one attached hydrogen (secondary N) is 1. The quantitative estimate of drug-likeness (QED) is 0.512. The third-order valence-corrected chi connectivity index (χ3v) is 4.05. The number of allylic oxidation sites excluding steroid dienone is 1. The molecule has 0 unspecified atom stereocenters. The number of carbonyl (C=O) groups excluding carboxylic acids is 1. The predicted molar refractivity (Wildman–Crippen MR) is 66.6 cm³/mol. The van der Waals surface area contributed by atoms with Gasteiger partial charge in [0.15, 0.2) is 0 Å². The van der Waals surface area contributed by atoms with Gasteiger partial charge in [-0.1, -0.05) is 12.1 Å². The highest BCUT2D eigenvalue weighted by Crippen LogP contribution is 2.26. The minimum atomic E-state index is -3.89. The first-order valence-corrected chi connectivity index (χ1v) is 6.91. The Bertz CT molecular complexity index is 728. The van der Waals surface area contributed by atoms with Crippen molar-refractivity contribution in [1.29, 1.82) is 5.53 Å². The molecule has 0 heterocycles. The van der Waals surface area contributed by atoms with Gasteiger partial charge in [-0.25, -0.2) is 0 Å². The maximum Gasteiger partial charge on any atom is 0.412 e. The fourth-order valence-corrected chi connectivity index (χ4v) is 2.94. The molecule has 0 radical (unpaired) electrons. The predicted octanol–water partition coefficient (Wildman–Crippen LogP) is 1.30. The Morgan fingerprint density at radius 2 is 2.05 bits per heavy atom. The molecule has 0 aromatic heterocycles. The highest BCUT2D eigenvalue weighted by Gasteiger charge is 2.31. The largest absolute Gasteiger partial charge is 0.412 e. The molecule has 0 saturated heterocycles. The smallest absolute Gasteiger partial charge is 0.280 e. The molecule has 2 rings (SSSR count). The Morgan fingerprint density at radius 3 is 2.68 bits per heavy atom. The molecule has 0 saturated carbocycles. The van der Waals surface area contributed by atoms with Crippen molar-refractivity contribution < 1.29 is 22.2 Å². The molecule has 1 aliphatic carbocycles. The lowest BCUT2D eigenvalue weighted by molar-refractivity contribution is -0.117. The van der Waals surface area contributed by atoms with Crippen LogP contribution in [0.1, 0.15) is 22.8 Å². The zero-order chi connectivity index (χ0) is 14.0. The fraction of sp³-hybridized carbons (Fsp3) is 0.167. The average Bonchev–Trinajstić information content (AvgIpc) is 2.38. The number of carbonyl (C=O) groups is 1. The molecule has 1 aromatic carbocycles. The SMILES string of the molecule is CCOS(=O)(=O)c1cccc2c1C=CC(=[N+]=N)C2=O. The summed E-state index contributed by atoms with van der Waals surface area (Å²) in [6, 6.07) is 4.34. The summed E-state index contributed by atoms with van der Waals surface area (Å²) in [5.41, 5.74) is 7.33. The molecule has 0 amide bonds. The Labute approximate surface area is 110 Å². The molecule has 1 aromatic rings. The fourth-order valence-electron chi connectivity index (χ4n) is 1.81. The van der Waals surface area contributed by atoms with Crippen LogP contribution in [0.5, 0.6) is 0 Å². The van der Waals surface area contributed by atoms with Crippen LogP contribution in [0.2, 0.25) is 0 Å². The Kier molecular flexibility index (Phi) is 3.44. The number of ketones is 1. The number of benzene rings is 1. The molecule has 6 nitrogen and oxygen atoms in total. The van der Waals surface area contributed by atoms with Gasteiger partial charge in [0.05, 0.1) is 16.9 Å². The van der Waals surface area contributed by atoms with Crippen molar-refractivity contribution in [2.24, 2.45) is 0 Å². The molecule has 1 N–H and O–H groups in total. The Morgan fingerprint density at radius 1 is 1.32 bits per heavy atom. The highest BCUT2D eigenvalue weighted by atomic mass is 32.2. The Hall–Kier alpha value is -2.08. The normalized spacial score (nSPS) is 14.2. The first-order valence-electron chi connectivity index (χ1n) is 5.51. The van der Waals surface area contributed by atoms with Crippen molar-refractivity contribution in [3.63, 3.8) is 0 Å². The van der Waals surface area contributed by atoms with Crippen LogP contribution in [0.4, 0.5) is 0 Å². The van der Waals surface area contributed by atoms with Crippen LogP contribution in [0.15, 0.2) is 29.2 Å². The molecule has 0 spiro atoms. The first-order chi connectivity index (χ1) is 9.01. The number of fused-ring (bicyclic) bond motifs is 1. The maximum absolute atomic E-state index is 11.9. The van der Waals surface area contributed by atoms with Gasteiger partial charge in [-0.2, -0.15) is 8.42 Å².